The average molecular weight is 461 g/mol. The first kappa shape index (κ1) is 22.5. The minimum atomic E-state index is -0.496. The Morgan fingerprint density at radius 1 is 1.38 bits per heavy atom. The summed E-state index contributed by atoms with van der Waals surface area (Å²) in [5, 5.41) is 18.0. The number of amides is 1. The zero-order valence-corrected chi connectivity index (χ0v) is 19.5. The summed E-state index contributed by atoms with van der Waals surface area (Å²) in [6.07, 6.45) is 5.38. The van der Waals surface area contributed by atoms with Gasteiger partial charge in [0.1, 0.15) is 11.6 Å². The summed E-state index contributed by atoms with van der Waals surface area (Å²) in [5.41, 5.74) is 1.09. The lowest BCUT2D eigenvalue weighted by molar-refractivity contribution is -0.122. The molecular formula is C22H29ClN6O3. The Labute approximate surface area is 191 Å². The number of carbonyl (C=O) groups is 1. The standard InChI is InChI=1S/C22H29ClN6O3/c1-12-15-7-14(22(15,2)3)8-16(12)27-17-10-26-29(21(31)19(17)23)11-18(30)24-9-13-5-6-25-28-20(13)32-4/h5-6,10,12,14-16,27H,7-9,11H2,1-4H3,(H,24,30)/t12-,14-,15+,16-/m1/s1. The molecule has 10 heteroatoms. The van der Waals surface area contributed by atoms with Crippen LogP contribution in [0.1, 0.15) is 39.2 Å². The van der Waals surface area contributed by atoms with E-state index in [1.807, 2.05) is 0 Å². The maximum absolute atomic E-state index is 12.7. The van der Waals surface area contributed by atoms with Crippen molar-refractivity contribution in [1.82, 2.24) is 25.3 Å². The predicted molar refractivity (Wildman–Crippen MR) is 121 cm³/mol. The summed E-state index contributed by atoms with van der Waals surface area (Å²) in [6, 6.07) is 1.96. The Balaban J connectivity index is 1.39. The number of anilines is 1. The Kier molecular flexibility index (Phi) is 6.11. The van der Waals surface area contributed by atoms with E-state index in [0.717, 1.165) is 11.1 Å². The van der Waals surface area contributed by atoms with Crippen molar-refractivity contribution in [3.05, 3.63) is 39.4 Å². The van der Waals surface area contributed by atoms with Gasteiger partial charge in [-0.1, -0.05) is 32.4 Å². The number of rotatable bonds is 7. The second-order valence-electron chi connectivity index (χ2n) is 9.38. The summed E-state index contributed by atoms with van der Waals surface area (Å²) < 4.78 is 6.18. The van der Waals surface area contributed by atoms with Crippen molar-refractivity contribution in [2.45, 2.75) is 52.7 Å². The van der Waals surface area contributed by atoms with Gasteiger partial charge in [-0.2, -0.15) is 10.2 Å². The minimum Gasteiger partial charge on any atom is -0.480 e. The maximum atomic E-state index is 12.7. The number of hydrogen-bond acceptors (Lipinski definition) is 7. The van der Waals surface area contributed by atoms with Gasteiger partial charge in [0.15, 0.2) is 0 Å². The quantitative estimate of drug-likeness (QED) is 0.652. The van der Waals surface area contributed by atoms with E-state index in [1.165, 1.54) is 25.9 Å². The molecule has 32 heavy (non-hydrogen) atoms. The number of hydrogen-bond donors (Lipinski definition) is 2. The third kappa shape index (κ3) is 4.05. The molecule has 0 aromatic carbocycles. The molecule has 0 aliphatic heterocycles. The van der Waals surface area contributed by atoms with E-state index in [9.17, 15) is 9.59 Å². The van der Waals surface area contributed by atoms with Crippen molar-refractivity contribution in [2.75, 3.05) is 12.4 Å². The van der Waals surface area contributed by atoms with Gasteiger partial charge in [-0.25, -0.2) is 4.68 Å². The van der Waals surface area contributed by atoms with Gasteiger partial charge in [-0.3, -0.25) is 9.59 Å². The van der Waals surface area contributed by atoms with E-state index >= 15 is 0 Å². The highest BCUT2D eigenvalue weighted by Crippen LogP contribution is 2.61. The lowest BCUT2D eigenvalue weighted by atomic mass is 9.45. The fourth-order valence-corrected chi connectivity index (χ4v) is 5.46. The highest BCUT2D eigenvalue weighted by Gasteiger charge is 2.56. The molecule has 2 heterocycles. The molecule has 2 N–H and O–H groups in total. The third-order valence-electron chi connectivity index (χ3n) is 7.41. The molecule has 1 amide bonds. The molecule has 9 nitrogen and oxygen atoms in total. The number of carbonyl (C=O) groups excluding carboxylic acids is 1. The third-order valence-corrected chi connectivity index (χ3v) is 7.77. The van der Waals surface area contributed by atoms with E-state index in [0.29, 0.717) is 40.3 Å². The van der Waals surface area contributed by atoms with Crippen LogP contribution in [0.3, 0.4) is 0 Å². The molecular weight excluding hydrogens is 432 g/mol. The summed E-state index contributed by atoms with van der Waals surface area (Å²) in [7, 11) is 1.48. The molecule has 3 fully saturated rings. The number of aromatic nitrogens is 4. The van der Waals surface area contributed by atoms with Crippen LogP contribution in [0.4, 0.5) is 5.69 Å². The number of fused-ring (bicyclic) bond motifs is 2. The molecule has 0 saturated heterocycles. The Morgan fingerprint density at radius 2 is 2.16 bits per heavy atom. The van der Waals surface area contributed by atoms with Gasteiger partial charge >= 0.3 is 0 Å². The Bertz CT molecular complexity index is 1070. The van der Waals surface area contributed by atoms with Crippen molar-refractivity contribution >= 4 is 23.2 Å². The molecule has 0 unspecified atom stereocenters. The topological polar surface area (TPSA) is 111 Å². The van der Waals surface area contributed by atoms with Crippen molar-refractivity contribution in [2.24, 2.45) is 23.2 Å². The molecule has 3 aliphatic carbocycles. The predicted octanol–water partition coefficient (Wildman–Crippen LogP) is 2.49. The van der Waals surface area contributed by atoms with Crippen molar-refractivity contribution in [1.29, 1.82) is 0 Å². The van der Waals surface area contributed by atoms with Gasteiger partial charge < -0.3 is 15.4 Å². The molecule has 2 bridgehead atoms. The van der Waals surface area contributed by atoms with Gasteiger partial charge in [0.25, 0.3) is 5.56 Å². The van der Waals surface area contributed by atoms with Crippen LogP contribution in [-0.2, 0) is 17.9 Å². The first-order chi connectivity index (χ1) is 15.2. The average Bonchev–Trinajstić information content (AvgIpc) is 2.78. The number of ether oxygens (including phenoxy) is 1. The molecule has 2 aromatic heterocycles. The maximum Gasteiger partial charge on any atom is 0.288 e. The van der Waals surface area contributed by atoms with E-state index < -0.39 is 5.56 Å². The van der Waals surface area contributed by atoms with Gasteiger partial charge in [0.2, 0.25) is 11.8 Å². The summed E-state index contributed by atoms with van der Waals surface area (Å²) in [4.78, 5) is 25.1. The molecule has 3 aliphatic rings. The van der Waals surface area contributed by atoms with Crippen LogP contribution in [0, 0.1) is 23.2 Å². The first-order valence-electron chi connectivity index (χ1n) is 10.9. The van der Waals surface area contributed by atoms with E-state index in [1.54, 1.807) is 6.07 Å². The number of nitrogens with zero attached hydrogens (tertiary/aromatic N) is 4. The van der Waals surface area contributed by atoms with Crippen LogP contribution in [0.2, 0.25) is 5.02 Å². The molecule has 5 rings (SSSR count). The monoisotopic (exact) mass is 460 g/mol. The van der Waals surface area contributed by atoms with Crippen molar-refractivity contribution in [3.63, 3.8) is 0 Å². The zero-order valence-electron chi connectivity index (χ0n) is 18.8. The van der Waals surface area contributed by atoms with Crippen LogP contribution < -0.4 is 20.9 Å². The van der Waals surface area contributed by atoms with E-state index in [4.69, 9.17) is 16.3 Å². The van der Waals surface area contributed by atoms with Crippen LogP contribution in [0.5, 0.6) is 5.88 Å². The van der Waals surface area contributed by atoms with Crippen LogP contribution in [0.15, 0.2) is 23.3 Å². The molecule has 4 atom stereocenters. The highest BCUT2D eigenvalue weighted by molar-refractivity contribution is 6.32. The second kappa shape index (κ2) is 8.69. The lowest BCUT2D eigenvalue weighted by Gasteiger charge is -2.62. The first-order valence-corrected chi connectivity index (χ1v) is 11.2. The van der Waals surface area contributed by atoms with E-state index in [-0.39, 0.29) is 30.1 Å². The lowest BCUT2D eigenvalue weighted by Crippen LogP contribution is -2.58. The SMILES string of the molecule is COc1nnccc1CNC(=O)Cn1ncc(N[C@@H]2C[C@H]3C[C@@H]([C@H]2C)C3(C)C)c(Cl)c1=O. The second-order valence-corrected chi connectivity index (χ2v) is 9.76. The summed E-state index contributed by atoms with van der Waals surface area (Å²) in [6.45, 7) is 6.91. The molecule has 3 saturated carbocycles. The van der Waals surface area contributed by atoms with Crippen LogP contribution in [0.25, 0.3) is 0 Å². The summed E-state index contributed by atoms with van der Waals surface area (Å²) in [5.74, 6) is 1.80. The van der Waals surface area contributed by atoms with Gasteiger partial charge in [0.05, 0.1) is 25.2 Å². The van der Waals surface area contributed by atoms with Crippen molar-refractivity contribution in [3.8, 4) is 5.88 Å². The molecule has 172 valence electrons. The molecule has 0 spiro atoms. The number of methoxy groups -OCH3 is 1. The molecule has 0 radical (unpaired) electrons. The van der Waals surface area contributed by atoms with Gasteiger partial charge in [0, 0.05) is 18.2 Å². The number of nitrogens with one attached hydrogen (secondary N) is 2. The fraction of sp³-hybridized carbons (Fsp3) is 0.591. The minimum absolute atomic E-state index is 0.0542. The Hall–Kier alpha value is -2.68. The van der Waals surface area contributed by atoms with Gasteiger partial charge in [-0.05, 0) is 42.1 Å². The normalized spacial score (nSPS) is 25.5. The highest BCUT2D eigenvalue weighted by atomic mass is 35.5. The zero-order chi connectivity index (χ0) is 23.0. The molecule has 2 aromatic rings. The smallest absolute Gasteiger partial charge is 0.288 e. The summed E-state index contributed by atoms with van der Waals surface area (Å²) >= 11 is 6.37. The number of halogens is 1. The van der Waals surface area contributed by atoms with E-state index in [2.05, 4.69) is 46.7 Å². The van der Waals surface area contributed by atoms with Crippen LogP contribution >= 0.6 is 11.6 Å². The van der Waals surface area contributed by atoms with Crippen LogP contribution in [-0.4, -0.2) is 39.0 Å². The Morgan fingerprint density at radius 3 is 2.84 bits per heavy atom. The van der Waals surface area contributed by atoms with Crippen molar-refractivity contribution < 1.29 is 9.53 Å². The van der Waals surface area contributed by atoms with Gasteiger partial charge in [-0.15, -0.1) is 5.10 Å². The largest absolute Gasteiger partial charge is 0.480 e. The fourth-order valence-electron chi connectivity index (χ4n) is 5.26.